The van der Waals surface area contributed by atoms with E-state index >= 15 is 0 Å². The average molecular weight is 196 g/mol. The molecule has 2 heteroatoms. The van der Waals surface area contributed by atoms with E-state index < -0.39 is 0 Å². The fraction of sp³-hybridized carbons (Fsp3) is 1.00. The van der Waals surface area contributed by atoms with Crippen LogP contribution in [0.3, 0.4) is 0 Å². The van der Waals surface area contributed by atoms with Crippen LogP contribution < -0.4 is 5.32 Å². The third-order valence-electron chi connectivity index (χ3n) is 3.70. The van der Waals surface area contributed by atoms with Gasteiger partial charge in [0.05, 0.1) is 0 Å². The molecular formula is C12H24N2. The lowest BCUT2D eigenvalue weighted by Crippen LogP contribution is -2.35. The van der Waals surface area contributed by atoms with Gasteiger partial charge in [0.25, 0.3) is 0 Å². The van der Waals surface area contributed by atoms with E-state index in [2.05, 4.69) is 24.1 Å². The van der Waals surface area contributed by atoms with Gasteiger partial charge >= 0.3 is 0 Å². The molecule has 0 aromatic heterocycles. The van der Waals surface area contributed by atoms with E-state index in [0.717, 1.165) is 12.0 Å². The van der Waals surface area contributed by atoms with Crippen molar-refractivity contribution in [1.82, 2.24) is 10.2 Å². The van der Waals surface area contributed by atoms with Crippen molar-refractivity contribution in [3.63, 3.8) is 0 Å². The van der Waals surface area contributed by atoms with Crippen molar-refractivity contribution in [2.45, 2.75) is 51.6 Å². The summed E-state index contributed by atoms with van der Waals surface area (Å²) < 4.78 is 0. The molecule has 1 aliphatic carbocycles. The zero-order chi connectivity index (χ0) is 9.97. The minimum atomic E-state index is 0.644. The highest BCUT2D eigenvalue weighted by Gasteiger charge is 2.36. The van der Waals surface area contributed by atoms with Crippen LogP contribution in [0.4, 0.5) is 0 Å². The number of hydrogen-bond acceptors (Lipinski definition) is 2. The normalized spacial score (nSPS) is 31.9. The molecule has 2 fully saturated rings. The third-order valence-corrected chi connectivity index (χ3v) is 3.70. The van der Waals surface area contributed by atoms with Gasteiger partial charge in [-0.25, -0.2) is 0 Å². The van der Waals surface area contributed by atoms with E-state index in [0.29, 0.717) is 6.04 Å². The summed E-state index contributed by atoms with van der Waals surface area (Å²) in [5.41, 5.74) is 0. The Hall–Kier alpha value is -0.0800. The van der Waals surface area contributed by atoms with Crippen molar-refractivity contribution in [3.8, 4) is 0 Å². The summed E-state index contributed by atoms with van der Waals surface area (Å²) in [5, 5.41) is 3.49. The van der Waals surface area contributed by atoms with Gasteiger partial charge in [0.15, 0.2) is 0 Å². The molecule has 2 atom stereocenters. The molecule has 1 N–H and O–H groups in total. The Balaban J connectivity index is 1.58. The molecule has 14 heavy (non-hydrogen) atoms. The zero-order valence-electron chi connectivity index (χ0n) is 9.63. The first-order valence-corrected chi connectivity index (χ1v) is 6.23. The Labute approximate surface area is 88.1 Å². The molecule has 0 aromatic rings. The van der Waals surface area contributed by atoms with Gasteiger partial charge in [-0.3, -0.25) is 0 Å². The van der Waals surface area contributed by atoms with Crippen LogP contribution in [0, 0.1) is 5.92 Å². The maximum absolute atomic E-state index is 3.49. The monoisotopic (exact) mass is 196 g/mol. The highest BCUT2D eigenvalue weighted by molar-refractivity contribution is 4.91. The van der Waals surface area contributed by atoms with Gasteiger partial charge in [0.1, 0.15) is 0 Å². The molecule has 2 nitrogen and oxygen atoms in total. The van der Waals surface area contributed by atoms with Gasteiger partial charge in [-0.15, -0.1) is 0 Å². The zero-order valence-corrected chi connectivity index (χ0v) is 9.63. The second-order valence-electron chi connectivity index (χ2n) is 5.29. The molecule has 82 valence electrons. The summed E-state index contributed by atoms with van der Waals surface area (Å²) in [7, 11) is 0. The second-order valence-corrected chi connectivity index (χ2v) is 5.29. The highest BCUT2D eigenvalue weighted by Crippen LogP contribution is 2.37. The first-order chi connectivity index (χ1) is 6.75. The van der Waals surface area contributed by atoms with Crippen LogP contribution in [-0.4, -0.2) is 36.6 Å². The van der Waals surface area contributed by atoms with Crippen molar-refractivity contribution in [1.29, 1.82) is 0 Å². The van der Waals surface area contributed by atoms with E-state index in [-0.39, 0.29) is 0 Å². The van der Waals surface area contributed by atoms with Crippen molar-refractivity contribution < 1.29 is 0 Å². The van der Waals surface area contributed by atoms with E-state index in [1.807, 2.05) is 0 Å². The maximum atomic E-state index is 3.49. The molecule has 2 unspecified atom stereocenters. The van der Waals surface area contributed by atoms with Crippen LogP contribution in [0.2, 0.25) is 0 Å². The smallest absolute Gasteiger partial charge is 0.00986 e. The lowest BCUT2D eigenvalue weighted by Gasteiger charge is -2.26. The van der Waals surface area contributed by atoms with E-state index in [9.17, 15) is 0 Å². The van der Waals surface area contributed by atoms with Crippen LogP contribution >= 0.6 is 0 Å². The van der Waals surface area contributed by atoms with Gasteiger partial charge < -0.3 is 10.2 Å². The number of fused-ring (bicyclic) bond motifs is 2. The van der Waals surface area contributed by atoms with E-state index in [1.54, 1.807) is 0 Å². The minimum Gasteiger partial charge on any atom is -0.314 e. The first-order valence-electron chi connectivity index (χ1n) is 6.23. The molecule has 2 aliphatic rings. The number of hydrogen-bond donors (Lipinski definition) is 1. The van der Waals surface area contributed by atoms with E-state index in [1.165, 1.54) is 45.3 Å². The number of piperidine rings is 1. The first kappa shape index (κ1) is 10.4. The molecule has 1 saturated carbocycles. The Bertz CT molecular complexity index is 179. The maximum Gasteiger partial charge on any atom is 0.00986 e. The number of nitrogens with zero attached hydrogens (tertiary/aromatic N) is 1. The number of nitrogens with one attached hydrogen (secondary N) is 1. The van der Waals surface area contributed by atoms with Crippen LogP contribution in [0.1, 0.15) is 39.5 Å². The molecular weight excluding hydrogens is 172 g/mol. The number of rotatable bonds is 5. The quantitative estimate of drug-likeness (QED) is 0.675. The molecule has 0 amide bonds. The Morgan fingerprint density at radius 3 is 2.79 bits per heavy atom. The van der Waals surface area contributed by atoms with Gasteiger partial charge in [-0.05, 0) is 44.7 Å². The molecule has 0 spiro atoms. The molecule has 1 saturated heterocycles. The molecule has 2 bridgehead atoms. The van der Waals surface area contributed by atoms with Crippen molar-refractivity contribution in [3.05, 3.63) is 0 Å². The molecule has 1 aliphatic heterocycles. The predicted octanol–water partition coefficient (Wildman–Crippen LogP) is 1.86. The summed E-state index contributed by atoms with van der Waals surface area (Å²) in [4.78, 5) is 2.72. The van der Waals surface area contributed by atoms with Gasteiger partial charge in [-0.2, -0.15) is 0 Å². The third kappa shape index (κ3) is 2.48. The summed E-state index contributed by atoms with van der Waals surface area (Å²) >= 11 is 0. The standard InChI is InChI=1S/C12H24N2/c1-10(2)13-6-3-7-14-9-11-4-5-12(14)8-11/h10-13H,3-9H2,1-2H3. The summed E-state index contributed by atoms with van der Waals surface area (Å²) in [5.74, 6) is 1.05. The van der Waals surface area contributed by atoms with Crippen LogP contribution in [0.25, 0.3) is 0 Å². The van der Waals surface area contributed by atoms with Gasteiger partial charge in [0, 0.05) is 18.6 Å². The fourth-order valence-corrected chi connectivity index (χ4v) is 2.97. The summed E-state index contributed by atoms with van der Waals surface area (Å²) in [6.07, 6.45) is 5.80. The van der Waals surface area contributed by atoms with E-state index in [4.69, 9.17) is 0 Å². The van der Waals surface area contributed by atoms with Crippen molar-refractivity contribution in [2.75, 3.05) is 19.6 Å². The number of likely N-dealkylation sites (tertiary alicyclic amines) is 1. The lowest BCUT2D eigenvalue weighted by atomic mass is 10.1. The minimum absolute atomic E-state index is 0.644. The Morgan fingerprint density at radius 1 is 1.36 bits per heavy atom. The summed E-state index contributed by atoms with van der Waals surface area (Å²) in [6.45, 7) is 8.34. The fourth-order valence-electron chi connectivity index (χ4n) is 2.97. The van der Waals surface area contributed by atoms with Crippen molar-refractivity contribution in [2.24, 2.45) is 5.92 Å². The molecule has 0 radical (unpaired) electrons. The van der Waals surface area contributed by atoms with Crippen LogP contribution in [0.5, 0.6) is 0 Å². The van der Waals surface area contributed by atoms with Crippen LogP contribution in [-0.2, 0) is 0 Å². The lowest BCUT2D eigenvalue weighted by molar-refractivity contribution is 0.210. The summed E-state index contributed by atoms with van der Waals surface area (Å²) in [6, 6.07) is 1.60. The highest BCUT2D eigenvalue weighted by atomic mass is 15.2. The Kier molecular flexibility index (Phi) is 3.45. The van der Waals surface area contributed by atoms with Crippen LogP contribution in [0.15, 0.2) is 0 Å². The largest absolute Gasteiger partial charge is 0.314 e. The van der Waals surface area contributed by atoms with Gasteiger partial charge in [-0.1, -0.05) is 13.8 Å². The Morgan fingerprint density at radius 2 is 2.21 bits per heavy atom. The predicted molar refractivity (Wildman–Crippen MR) is 60.5 cm³/mol. The topological polar surface area (TPSA) is 15.3 Å². The molecule has 1 heterocycles. The van der Waals surface area contributed by atoms with Crippen molar-refractivity contribution >= 4 is 0 Å². The molecule has 2 rings (SSSR count). The molecule has 0 aromatic carbocycles. The average Bonchev–Trinajstić information content (AvgIpc) is 2.73. The van der Waals surface area contributed by atoms with Gasteiger partial charge in [0.2, 0.25) is 0 Å². The SMILES string of the molecule is CC(C)NCCCN1CC2CCC1C2. The second kappa shape index (κ2) is 4.63.